The summed E-state index contributed by atoms with van der Waals surface area (Å²) in [6.07, 6.45) is 2.10. The number of fused-ring (bicyclic) bond motifs is 1. The number of hydrogen-bond donors (Lipinski definition) is 2. The highest BCUT2D eigenvalue weighted by Crippen LogP contribution is 2.27. The first-order valence-corrected chi connectivity index (χ1v) is 5.07. The Morgan fingerprint density at radius 3 is 3.07 bits per heavy atom. The van der Waals surface area contributed by atoms with Crippen molar-refractivity contribution in [2.45, 2.75) is 19.8 Å². The second-order valence-corrected chi connectivity index (χ2v) is 3.85. The third kappa shape index (κ3) is 1.75. The fraction of sp³-hybridized carbons (Fsp3) is 0.364. The first-order chi connectivity index (χ1) is 7.22. The first-order valence-electron chi connectivity index (χ1n) is 5.07. The van der Waals surface area contributed by atoms with Crippen molar-refractivity contribution in [2.75, 3.05) is 11.4 Å². The Morgan fingerprint density at radius 1 is 1.53 bits per heavy atom. The third-order valence-electron chi connectivity index (χ3n) is 2.73. The Labute approximate surface area is 89.0 Å². The van der Waals surface area contributed by atoms with Gasteiger partial charge in [-0.25, -0.2) is 0 Å². The summed E-state index contributed by atoms with van der Waals surface area (Å²) in [4.78, 5) is 1.85. The third-order valence-corrected chi connectivity index (χ3v) is 2.73. The molecule has 1 heterocycles. The summed E-state index contributed by atoms with van der Waals surface area (Å²) in [5.41, 5.74) is 9.20. The number of guanidine groups is 1. The monoisotopic (exact) mass is 205 g/mol. The van der Waals surface area contributed by atoms with E-state index in [-0.39, 0.29) is 5.96 Å². The van der Waals surface area contributed by atoms with E-state index in [9.17, 15) is 0 Å². The molecule has 2 rings (SSSR count). The molecular formula is C11H15N3O. The van der Waals surface area contributed by atoms with Crippen LogP contribution in [-0.2, 0) is 6.42 Å². The maximum absolute atomic E-state index is 8.69. The van der Waals surface area contributed by atoms with Gasteiger partial charge in [-0.2, -0.15) is 0 Å². The van der Waals surface area contributed by atoms with E-state index >= 15 is 0 Å². The summed E-state index contributed by atoms with van der Waals surface area (Å²) >= 11 is 0. The standard InChI is InChI=1S/C11H15N3O/c1-8-4-5-10-9(7-8)3-2-6-14(10)11(12)13-15/h4-5,7,15H,2-3,6H2,1H3,(H2,12,13). The molecule has 1 aromatic rings. The zero-order valence-electron chi connectivity index (χ0n) is 8.77. The Morgan fingerprint density at radius 2 is 2.33 bits per heavy atom. The van der Waals surface area contributed by atoms with E-state index in [1.54, 1.807) is 0 Å². The minimum Gasteiger partial charge on any atom is -0.408 e. The Kier molecular flexibility index (Phi) is 2.49. The van der Waals surface area contributed by atoms with Crippen molar-refractivity contribution in [1.82, 2.24) is 0 Å². The molecule has 15 heavy (non-hydrogen) atoms. The molecule has 80 valence electrons. The van der Waals surface area contributed by atoms with Crippen molar-refractivity contribution < 1.29 is 5.21 Å². The van der Waals surface area contributed by atoms with Crippen molar-refractivity contribution in [3.05, 3.63) is 29.3 Å². The van der Waals surface area contributed by atoms with Gasteiger partial charge in [-0.15, -0.1) is 0 Å². The zero-order valence-corrected chi connectivity index (χ0v) is 8.77. The van der Waals surface area contributed by atoms with Crippen LogP contribution in [0.25, 0.3) is 0 Å². The van der Waals surface area contributed by atoms with Crippen LogP contribution in [0.15, 0.2) is 23.4 Å². The fourth-order valence-corrected chi connectivity index (χ4v) is 2.02. The topological polar surface area (TPSA) is 61.8 Å². The lowest BCUT2D eigenvalue weighted by Gasteiger charge is -2.29. The highest BCUT2D eigenvalue weighted by atomic mass is 16.4. The molecule has 1 aliphatic rings. The van der Waals surface area contributed by atoms with Gasteiger partial charge in [0.1, 0.15) is 0 Å². The molecule has 0 saturated heterocycles. The lowest BCUT2D eigenvalue weighted by atomic mass is 10.00. The maximum atomic E-state index is 8.69. The van der Waals surface area contributed by atoms with E-state index in [0.717, 1.165) is 25.1 Å². The number of hydrogen-bond acceptors (Lipinski definition) is 2. The van der Waals surface area contributed by atoms with Crippen LogP contribution in [0.2, 0.25) is 0 Å². The molecule has 0 spiro atoms. The quantitative estimate of drug-likeness (QED) is 0.292. The summed E-state index contributed by atoms with van der Waals surface area (Å²) in [5, 5.41) is 11.7. The largest absolute Gasteiger partial charge is 0.408 e. The molecule has 0 atom stereocenters. The maximum Gasteiger partial charge on any atom is 0.237 e. The minimum atomic E-state index is 0.166. The van der Waals surface area contributed by atoms with Gasteiger partial charge in [0.15, 0.2) is 0 Å². The van der Waals surface area contributed by atoms with Gasteiger partial charge in [-0.05, 0) is 31.4 Å². The van der Waals surface area contributed by atoms with Crippen LogP contribution in [0.5, 0.6) is 0 Å². The summed E-state index contributed by atoms with van der Waals surface area (Å²) in [7, 11) is 0. The molecule has 0 radical (unpaired) electrons. The molecule has 1 aromatic carbocycles. The molecule has 0 fully saturated rings. The van der Waals surface area contributed by atoms with E-state index in [2.05, 4.69) is 18.1 Å². The molecular weight excluding hydrogens is 190 g/mol. The predicted molar refractivity (Wildman–Crippen MR) is 60.3 cm³/mol. The highest BCUT2D eigenvalue weighted by Gasteiger charge is 2.19. The molecule has 1 aliphatic heterocycles. The van der Waals surface area contributed by atoms with Crippen molar-refractivity contribution in [3.8, 4) is 0 Å². The number of aryl methyl sites for hydroxylation is 2. The minimum absolute atomic E-state index is 0.166. The fourth-order valence-electron chi connectivity index (χ4n) is 2.02. The van der Waals surface area contributed by atoms with Gasteiger partial charge in [0.25, 0.3) is 0 Å². The molecule has 0 aliphatic carbocycles. The summed E-state index contributed by atoms with van der Waals surface area (Å²) in [5.74, 6) is 0.166. The zero-order chi connectivity index (χ0) is 10.8. The van der Waals surface area contributed by atoms with Crippen molar-refractivity contribution in [3.63, 3.8) is 0 Å². The van der Waals surface area contributed by atoms with Crippen LogP contribution in [0.1, 0.15) is 17.5 Å². The molecule has 4 nitrogen and oxygen atoms in total. The Bertz CT molecular complexity index is 401. The van der Waals surface area contributed by atoms with Crippen molar-refractivity contribution >= 4 is 11.6 Å². The van der Waals surface area contributed by atoms with Crippen LogP contribution in [0.4, 0.5) is 5.69 Å². The Balaban J connectivity index is 2.43. The van der Waals surface area contributed by atoms with Crippen molar-refractivity contribution in [1.29, 1.82) is 0 Å². The lowest BCUT2D eigenvalue weighted by Crippen LogP contribution is -2.40. The van der Waals surface area contributed by atoms with Crippen LogP contribution in [-0.4, -0.2) is 17.7 Å². The van der Waals surface area contributed by atoms with Gasteiger partial charge in [0, 0.05) is 12.2 Å². The number of rotatable bonds is 0. The smallest absolute Gasteiger partial charge is 0.237 e. The van der Waals surface area contributed by atoms with E-state index < -0.39 is 0 Å². The first kappa shape index (κ1) is 9.83. The van der Waals surface area contributed by atoms with Gasteiger partial charge in [-0.3, -0.25) is 0 Å². The van der Waals surface area contributed by atoms with Crippen molar-refractivity contribution in [2.24, 2.45) is 10.9 Å². The summed E-state index contributed by atoms with van der Waals surface area (Å²) < 4.78 is 0. The average molecular weight is 205 g/mol. The molecule has 0 amide bonds. The highest BCUT2D eigenvalue weighted by molar-refractivity contribution is 5.95. The van der Waals surface area contributed by atoms with Gasteiger partial charge in [0.05, 0.1) is 0 Å². The number of benzene rings is 1. The van der Waals surface area contributed by atoms with Gasteiger partial charge < -0.3 is 15.8 Å². The molecule has 0 bridgehead atoms. The molecule has 3 N–H and O–H groups in total. The van der Waals surface area contributed by atoms with Crippen LogP contribution in [0.3, 0.4) is 0 Å². The van der Waals surface area contributed by atoms with E-state index in [4.69, 9.17) is 10.9 Å². The number of oxime groups is 1. The second-order valence-electron chi connectivity index (χ2n) is 3.85. The molecule has 0 saturated carbocycles. The van der Waals surface area contributed by atoms with Crippen LogP contribution in [0, 0.1) is 6.92 Å². The molecule has 4 heteroatoms. The number of nitrogens with two attached hydrogens (primary N) is 1. The second kappa shape index (κ2) is 3.81. The van der Waals surface area contributed by atoms with E-state index in [1.807, 2.05) is 17.0 Å². The normalized spacial score (nSPS) is 16.3. The van der Waals surface area contributed by atoms with Gasteiger partial charge >= 0.3 is 0 Å². The summed E-state index contributed by atoms with van der Waals surface area (Å²) in [6, 6.07) is 6.23. The lowest BCUT2D eigenvalue weighted by molar-refractivity contribution is 0.317. The number of anilines is 1. The van der Waals surface area contributed by atoms with Gasteiger partial charge in [-0.1, -0.05) is 22.9 Å². The predicted octanol–water partition coefficient (Wildman–Crippen LogP) is 1.45. The van der Waals surface area contributed by atoms with Crippen LogP contribution >= 0.6 is 0 Å². The SMILES string of the molecule is Cc1ccc2c(c1)CCCN2C(N)=NO. The average Bonchev–Trinajstić information content (AvgIpc) is 2.26. The molecule has 0 unspecified atom stereocenters. The van der Waals surface area contributed by atoms with E-state index in [1.165, 1.54) is 11.1 Å². The molecule has 0 aromatic heterocycles. The Hall–Kier alpha value is -1.71. The van der Waals surface area contributed by atoms with E-state index in [0.29, 0.717) is 0 Å². The number of nitrogens with zero attached hydrogens (tertiary/aromatic N) is 2. The van der Waals surface area contributed by atoms with Gasteiger partial charge in [0.2, 0.25) is 5.96 Å². The summed E-state index contributed by atoms with van der Waals surface area (Å²) in [6.45, 7) is 2.88. The van der Waals surface area contributed by atoms with Crippen LogP contribution < -0.4 is 10.6 Å².